The van der Waals surface area contributed by atoms with E-state index in [1.807, 2.05) is 12.4 Å². The Labute approximate surface area is 121 Å². The molecule has 2 fully saturated rings. The van der Waals surface area contributed by atoms with Crippen molar-refractivity contribution >= 4 is 5.78 Å². The van der Waals surface area contributed by atoms with Crippen molar-refractivity contribution in [2.75, 3.05) is 6.54 Å². The summed E-state index contributed by atoms with van der Waals surface area (Å²) in [5.74, 6) is 1.94. The molecule has 110 valence electrons. The third-order valence-corrected chi connectivity index (χ3v) is 4.97. The number of carbonyl (C=O) groups is 1. The van der Waals surface area contributed by atoms with Crippen LogP contribution in [0, 0.1) is 5.92 Å². The van der Waals surface area contributed by atoms with Crippen molar-refractivity contribution in [3.63, 3.8) is 0 Å². The van der Waals surface area contributed by atoms with Gasteiger partial charge in [0.15, 0.2) is 0 Å². The SMILES string of the molecule is CCn1ccnc1CN1CCCC1C1CCCCC1=O. The Bertz CT molecular complexity index is 468. The van der Waals surface area contributed by atoms with E-state index in [9.17, 15) is 4.79 Å². The summed E-state index contributed by atoms with van der Waals surface area (Å²) >= 11 is 0. The summed E-state index contributed by atoms with van der Waals surface area (Å²) in [6.45, 7) is 5.13. The van der Waals surface area contributed by atoms with Crippen molar-refractivity contribution in [2.45, 2.75) is 64.6 Å². The van der Waals surface area contributed by atoms with Gasteiger partial charge in [-0.05, 0) is 39.2 Å². The van der Waals surface area contributed by atoms with Gasteiger partial charge in [0.2, 0.25) is 0 Å². The van der Waals surface area contributed by atoms with Crippen molar-refractivity contribution in [1.29, 1.82) is 0 Å². The quantitative estimate of drug-likeness (QED) is 0.848. The summed E-state index contributed by atoms with van der Waals surface area (Å²) in [6, 6.07) is 0.463. The van der Waals surface area contributed by atoms with E-state index in [4.69, 9.17) is 0 Å². The number of hydrogen-bond donors (Lipinski definition) is 0. The third kappa shape index (κ3) is 2.66. The highest BCUT2D eigenvalue weighted by molar-refractivity contribution is 5.82. The van der Waals surface area contributed by atoms with E-state index in [0.29, 0.717) is 11.8 Å². The van der Waals surface area contributed by atoms with Gasteiger partial charge in [0.1, 0.15) is 11.6 Å². The molecular weight excluding hydrogens is 250 g/mol. The number of Topliss-reactive ketones (excluding diaryl/α,β-unsaturated/α-hetero) is 1. The highest BCUT2D eigenvalue weighted by Crippen LogP contribution is 2.33. The molecule has 0 spiro atoms. The van der Waals surface area contributed by atoms with Gasteiger partial charge in [-0.1, -0.05) is 6.42 Å². The van der Waals surface area contributed by atoms with Gasteiger partial charge in [0.25, 0.3) is 0 Å². The second-order valence-electron chi connectivity index (χ2n) is 6.13. The molecule has 0 radical (unpaired) electrons. The van der Waals surface area contributed by atoms with Gasteiger partial charge in [-0.25, -0.2) is 4.98 Å². The van der Waals surface area contributed by atoms with Crippen molar-refractivity contribution in [3.8, 4) is 0 Å². The number of imidazole rings is 1. The summed E-state index contributed by atoms with van der Waals surface area (Å²) in [4.78, 5) is 19.2. The molecule has 20 heavy (non-hydrogen) atoms. The van der Waals surface area contributed by atoms with E-state index in [0.717, 1.165) is 44.7 Å². The van der Waals surface area contributed by atoms with Gasteiger partial charge in [-0.3, -0.25) is 9.69 Å². The fourth-order valence-corrected chi connectivity index (χ4v) is 3.88. The highest BCUT2D eigenvalue weighted by atomic mass is 16.1. The first kappa shape index (κ1) is 13.8. The maximum Gasteiger partial charge on any atom is 0.137 e. The Morgan fingerprint density at radius 2 is 2.20 bits per heavy atom. The summed E-state index contributed by atoms with van der Waals surface area (Å²) < 4.78 is 2.21. The van der Waals surface area contributed by atoms with Gasteiger partial charge in [-0.2, -0.15) is 0 Å². The molecule has 1 aromatic heterocycles. The Morgan fingerprint density at radius 1 is 1.30 bits per heavy atom. The number of rotatable bonds is 4. The average molecular weight is 275 g/mol. The first-order valence-electron chi connectivity index (χ1n) is 8.06. The van der Waals surface area contributed by atoms with Crippen LogP contribution in [0.25, 0.3) is 0 Å². The first-order valence-corrected chi connectivity index (χ1v) is 8.06. The molecule has 1 saturated carbocycles. The van der Waals surface area contributed by atoms with E-state index >= 15 is 0 Å². The molecule has 4 heteroatoms. The second-order valence-corrected chi connectivity index (χ2v) is 6.13. The van der Waals surface area contributed by atoms with E-state index in [1.165, 1.54) is 19.3 Å². The summed E-state index contributed by atoms with van der Waals surface area (Å²) in [5.41, 5.74) is 0. The Kier molecular flexibility index (Phi) is 4.20. The Hall–Kier alpha value is -1.16. The number of nitrogens with zero attached hydrogens (tertiary/aromatic N) is 3. The lowest BCUT2D eigenvalue weighted by atomic mass is 9.82. The monoisotopic (exact) mass is 275 g/mol. The lowest BCUT2D eigenvalue weighted by Gasteiger charge is -2.32. The lowest BCUT2D eigenvalue weighted by Crippen LogP contribution is -2.40. The van der Waals surface area contributed by atoms with Crippen molar-refractivity contribution in [2.24, 2.45) is 5.92 Å². The number of carbonyl (C=O) groups excluding carboxylic acids is 1. The molecule has 4 nitrogen and oxygen atoms in total. The van der Waals surface area contributed by atoms with Crippen LogP contribution >= 0.6 is 0 Å². The number of aryl methyl sites for hydroxylation is 1. The molecule has 1 aliphatic heterocycles. The predicted octanol–water partition coefficient (Wildman–Crippen LogP) is 2.63. The van der Waals surface area contributed by atoms with Crippen LogP contribution in [0.4, 0.5) is 0 Å². The van der Waals surface area contributed by atoms with Crippen LogP contribution in [-0.2, 0) is 17.9 Å². The zero-order chi connectivity index (χ0) is 13.9. The van der Waals surface area contributed by atoms with Gasteiger partial charge in [-0.15, -0.1) is 0 Å². The molecule has 2 atom stereocenters. The fraction of sp³-hybridized carbons (Fsp3) is 0.750. The molecule has 0 aromatic carbocycles. The van der Waals surface area contributed by atoms with Crippen molar-refractivity contribution in [3.05, 3.63) is 18.2 Å². The Morgan fingerprint density at radius 3 is 3.00 bits per heavy atom. The van der Waals surface area contributed by atoms with Crippen LogP contribution in [0.15, 0.2) is 12.4 Å². The molecule has 1 aliphatic carbocycles. The molecule has 0 bridgehead atoms. The smallest absolute Gasteiger partial charge is 0.137 e. The second kappa shape index (κ2) is 6.08. The van der Waals surface area contributed by atoms with Gasteiger partial charge in [0, 0.05) is 37.3 Å². The molecule has 2 aliphatic rings. The van der Waals surface area contributed by atoms with Crippen LogP contribution in [0.1, 0.15) is 51.3 Å². The Balaban J connectivity index is 1.70. The molecule has 0 N–H and O–H groups in total. The fourth-order valence-electron chi connectivity index (χ4n) is 3.88. The normalized spacial score (nSPS) is 28.1. The largest absolute Gasteiger partial charge is 0.334 e. The van der Waals surface area contributed by atoms with Crippen LogP contribution in [0.2, 0.25) is 0 Å². The van der Waals surface area contributed by atoms with Crippen LogP contribution in [-0.4, -0.2) is 32.8 Å². The maximum atomic E-state index is 12.2. The van der Waals surface area contributed by atoms with Crippen LogP contribution in [0.5, 0.6) is 0 Å². The van der Waals surface area contributed by atoms with Gasteiger partial charge < -0.3 is 4.57 Å². The lowest BCUT2D eigenvalue weighted by molar-refractivity contribution is -0.126. The third-order valence-electron chi connectivity index (χ3n) is 4.97. The zero-order valence-corrected chi connectivity index (χ0v) is 12.4. The highest BCUT2D eigenvalue weighted by Gasteiger charge is 2.36. The van der Waals surface area contributed by atoms with Crippen molar-refractivity contribution < 1.29 is 4.79 Å². The van der Waals surface area contributed by atoms with E-state index in [2.05, 4.69) is 21.4 Å². The minimum Gasteiger partial charge on any atom is -0.334 e. The van der Waals surface area contributed by atoms with Crippen LogP contribution < -0.4 is 0 Å². The number of hydrogen-bond acceptors (Lipinski definition) is 3. The molecule has 3 rings (SSSR count). The standard InChI is InChI=1S/C16H25N3O/c1-2-18-11-9-17-16(18)12-19-10-5-7-14(19)13-6-3-4-8-15(13)20/h9,11,13-14H,2-8,10,12H2,1H3. The molecule has 2 heterocycles. The summed E-state index contributed by atoms with van der Waals surface area (Å²) in [6.07, 6.45) is 10.6. The molecule has 1 aromatic rings. The molecule has 1 saturated heterocycles. The van der Waals surface area contributed by atoms with Gasteiger partial charge >= 0.3 is 0 Å². The summed E-state index contributed by atoms with van der Waals surface area (Å²) in [7, 11) is 0. The molecule has 2 unspecified atom stereocenters. The van der Waals surface area contributed by atoms with Crippen molar-refractivity contribution in [1.82, 2.24) is 14.5 Å². The molecular formula is C16H25N3O. The average Bonchev–Trinajstić information content (AvgIpc) is 3.09. The topological polar surface area (TPSA) is 38.1 Å². The van der Waals surface area contributed by atoms with Crippen LogP contribution in [0.3, 0.4) is 0 Å². The molecule has 0 amide bonds. The first-order chi connectivity index (χ1) is 9.79. The minimum absolute atomic E-state index is 0.288. The van der Waals surface area contributed by atoms with E-state index < -0.39 is 0 Å². The maximum absolute atomic E-state index is 12.2. The number of likely N-dealkylation sites (tertiary alicyclic amines) is 1. The number of ketones is 1. The van der Waals surface area contributed by atoms with E-state index in [1.54, 1.807) is 0 Å². The predicted molar refractivity (Wildman–Crippen MR) is 78.3 cm³/mol. The van der Waals surface area contributed by atoms with Gasteiger partial charge in [0.05, 0.1) is 6.54 Å². The minimum atomic E-state index is 0.288. The zero-order valence-electron chi connectivity index (χ0n) is 12.4. The van der Waals surface area contributed by atoms with E-state index in [-0.39, 0.29) is 5.92 Å². The number of aromatic nitrogens is 2. The summed E-state index contributed by atoms with van der Waals surface area (Å²) in [5, 5.41) is 0.